The van der Waals surface area contributed by atoms with Gasteiger partial charge in [-0.1, -0.05) is 0 Å². The van der Waals surface area contributed by atoms with Crippen molar-refractivity contribution in [3.8, 4) is 16.9 Å². The van der Waals surface area contributed by atoms with Crippen LogP contribution in [0, 0.1) is 5.92 Å². The number of rotatable bonds is 4. The fourth-order valence-electron chi connectivity index (χ4n) is 3.24. The monoisotopic (exact) mass is 336 g/mol. The third kappa shape index (κ3) is 3.07. The number of ether oxygens (including phenoxy) is 1. The molecular formula is C19H20N4O2. The summed E-state index contributed by atoms with van der Waals surface area (Å²) in [7, 11) is 1.90. The fourth-order valence-corrected chi connectivity index (χ4v) is 3.24. The van der Waals surface area contributed by atoms with Gasteiger partial charge in [0.1, 0.15) is 11.9 Å². The summed E-state index contributed by atoms with van der Waals surface area (Å²) in [6, 6.07) is 7.99. The number of nitrogens with zero attached hydrogens (tertiary/aromatic N) is 3. The Hall–Kier alpha value is -2.89. The van der Waals surface area contributed by atoms with Gasteiger partial charge in [0.05, 0.1) is 11.7 Å². The molecule has 1 amide bonds. The molecule has 3 heterocycles. The van der Waals surface area contributed by atoms with Crippen LogP contribution in [0.2, 0.25) is 0 Å². The molecular weight excluding hydrogens is 316 g/mol. The molecule has 0 radical (unpaired) electrons. The van der Waals surface area contributed by atoms with Gasteiger partial charge >= 0.3 is 0 Å². The van der Waals surface area contributed by atoms with E-state index in [-0.39, 0.29) is 17.9 Å². The number of carbonyl (C=O) groups is 1. The molecule has 128 valence electrons. The predicted octanol–water partition coefficient (Wildman–Crippen LogP) is 2.54. The van der Waals surface area contributed by atoms with Crippen LogP contribution in [0.15, 0.2) is 42.9 Å². The second kappa shape index (κ2) is 6.20. The number of nitrogens with one attached hydrogen (secondary N) is 1. The van der Waals surface area contributed by atoms with E-state index in [9.17, 15) is 4.79 Å². The van der Waals surface area contributed by atoms with Crippen molar-refractivity contribution in [1.82, 2.24) is 20.1 Å². The van der Waals surface area contributed by atoms with Crippen molar-refractivity contribution in [3.05, 3.63) is 42.9 Å². The second-order valence-corrected chi connectivity index (χ2v) is 6.54. The Kier molecular flexibility index (Phi) is 3.87. The molecule has 3 aromatic rings. The zero-order chi connectivity index (χ0) is 17.4. The maximum atomic E-state index is 11.5. The SMILES string of the molecule is C[C@@H](Oc1cc(-c2cnn(C)c2)cc2ncccc12)C1CNC(=O)C1. The first-order valence-electron chi connectivity index (χ1n) is 8.41. The molecule has 2 aromatic heterocycles. The Morgan fingerprint density at radius 1 is 1.36 bits per heavy atom. The largest absolute Gasteiger partial charge is 0.490 e. The van der Waals surface area contributed by atoms with Crippen molar-refractivity contribution < 1.29 is 9.53 Å². The third-order valence-electron chi connectivity index (χ3n) is 4.71. The van der Waals surface area contributed by atoms with E-state index < -0.39 is 0 Å². The van der Waals surface area contributed by atoms with Crippen LogP contribution in [0.4, 0.5) is 0 Å². The number of carbonyl (C=O) groups excluding carboxylic acids is 1. The molecule has 0 saturated carbocycles. The lowest BCUT2D eigenvalue weighted by Crippen LogP contribution is -2.25. The average molecular weight is 336 g/mol. The number of aromatic nitrogens is 3. The molecule has 0 spiro atoms. The lowest BCUT2D eigenvalue weighted by atomic mass is 10.0. The van der Waals surface area contributed by atoms with Gasteiger partial charge in [0.15, 0.2) is 0 Å². The lowest BCUT2D eigenvalue weighted by Gasteiger charge is -2.21. The topological polar surface area (TPSA) is 69.0 Å². The van der Waals surface area contributed by atoms with Gasteiger partial charge in [-0.25, -0.2) is 0 Å². The molecule has 1 fully saturated rings. The average Bonchev–Trinajstić information content (AvgIpc) is 3.23. The zero-order valence-corrected chi connectivity index (χ0v) is 14.3. The summed E-state index contributed by atoms with van der Waals surface area (Å²) in [5.74, 6) is 1.06. The van der Waals surface area contributed by atoms with Crippen LogP contribution in [0.5, 0.6) is 5.75 Å². The number of hydrogen-bond donors (Lipinski definition) is 1. The molecule has 6 nitrogen and oxygen atoms in total. The van der Waals surface area contributed by atoms with Crippen LogP contribution in [-0.4, -0.2) is 33.3 Å². The Balaban J connectivity index is 1.72. The second-order valence-electron chi connectivity index (χ2n) is 6.54. The van der Waals surface area contributed by atoms with Crippen molar-refractivity contribution in [2.75, 3.05) is 6.54 Å². The van der Waals surface area contributed by atoms with Crippen molar-refractivity contribution in [2.24, 2.45) is 13.0 Å². The highest BCUT2D eigenvalue weighted by molar-refractivity contribution is 5.90. The molecule has 1 unspecified atom stereocenters. The van der Waals surface area contributed by atoms with Crippen LogP contribution in [0.3, 0.4) is 0 Å². The van der Waals surface area contributed by atoms with Crippen molar-refractivity contribution in [3.63, 3.8) is 0 Å². The third-order valence-corrected chi connectivity index (χ3v) is 4.71. The van der Waals surface area contributed by atoms with Gasteiger partial charge < -0.3 is 10.1 Å². The van der Waals surface area contributed by atoms with Gasteiger partial charge in [-0.2, -0.15) is 5.10 Å². The van der Waals surface area contributed by atoms with Gasteiger partial charge in [0.2, 0.25) is 5.91 Å². The molecule has 1 aromatic carbocycles. The van der Waals surface area contributed by atoms with E-state index >= 15 is 0 Å². The van der Waals surface area contributed by atoms with Crippen LogP contribution in [0.1, 0.15) is 13.3 Å². The summed E-state index contributed by atoms with van der Waals surface area (Å²) in [4.78, 5) is 16.0. The normalized spacial score (nSPS) is 18.3. The maximum absolute atomic E-state index is 11.5. The summed E-state index contributed by atoms with van der Waals surface area (Å²) in [6.45, 7) is 2.68. The van der Waals surface area contributed by atoms with E-state index in [0.29, 0.717) is 13.0 Å². The van der Waals surface area contributed by atoms with Gasteiger partial charge in [0.25, 0.3) is 0 Å². The minimum atomic E-state index is -0.0634. The molecule has 0 aliphatic carbocycles. The quantitative estimate of drug-likeness (QED) is 0.795. The summed E-state index contributed by atoms with van der Waals surface area (Å²) in [5, 5.41) is 8.09. The lowest BCUT2D eigenvalue weighted by molar-refractivity contribution is -0.119. The van der Waals surface area contributed by atoms with E-state index in [4.69, 9.17) is 4.74 Å². The van der Waals surface area contributed by atoms with Crippen molar-refractivity contribution >= 4 is 16.8 Å². The first-order chi connectivity index (χ1) is 12.1. The number of fused-ring (bicyclic) bond motifs is 1. The maximum Gasteiger partial charge on any atom is 0.220 e. The van der Waals surface area contributed by atoms with Gasteiger partial charge in [-0.05, 0) is 36.8 Å². The molecule has 1 N–H and O–H groups in total. The minimum Gasteiger partial charge on any atom is -0.490 e. The Morgan fingerprint density at radius 3 is 2.96 bits per heavy atom. The smallest absolute Gasteiger partial charge is 0.220 e. The molecule has 1 aliphatic rings. The number of pyridine rings is 1. The Labute approximate surface area is 145 Å². The predicted molar refractivity (Wildman–Crippen MR) is 95.2 cm³/mol. The van der Waals surface area contributed by atoms with Crippen LogP contribution in [-0.2, 0) is 11.8 Å². The fraction of sp³-hybridized carbons (Fsp3) is 0.316. The Bertz CT molecular complexity index is 934. The van der Waals surface area contributed by atoms with Crippen LogP contribution >= 0.6 is 0 Å². The van der Waals surface area contributed by atoms with E-state index in [0.717, 1.165) is 27.8 Å². The number of amides is 1. The molecule has 0 bridgehead atoms. The number of aryl methyl sites for hydroxylation is 1. The molecule has 1 aliphatic heterocycles. The Morgan fingerprint density at radius 2 is 2.24 bits per heavy atom. The summed E-state index contributed by atoms with van der Waals surface area (Å²) < 4.78 is 8.04. The number of hydrogen-bond acceptors (Lipinski definition) is 4. The molecule has 4 rings (SSSR count). The van der Waals surface area contributed by atoms with Crippen molar-refractivity contribution in [1.29, 1.82) is 0 Å². The molecule has 6 heteroatoms. The van der Waals surface area contributed by atoms with Gasteiger partial charge in [-0.15, -0.1) is 0 Å². The molecule has 2 atom stereocenters. The van der Waals surface area contributed by atoms with E-state index in [2.05, 4.69) is 15.4 Å². The highest BCUT2D eigenvalue weighted by atomic mass is 16.5. The molecule has 25 heavy (non-hydrogen) atoms. The number of benzene rings is 1. The first-order valence-corrected chi connectivity index (χ1v) is 8.41. The standard InChI is InChI=1S/C19H20N4O2/c1-12(14-8-19(24)21-9-14)25-18-7-13(15-10-22-23(2)11-15)6-17-16(18)4-3-5-20-17/h3-7,10-12,14H,8-9H2,1-2H3,(H,21,24)/t12-,14?/m1/s1. The highest BCUT2D eigenvalue weighted by Crippen LogP contribution is 2.33. The van der Waals surface area contributed by atoms with E-state index in [1.165, 1.54) is 0 Å². The van der Waals surface area contributed by atoms with E-state index in [1.54, 1.807) is 10.9 Å². The van der Waals surface area contributed by atoms with Crippen molar-refractivity contribution in [2.45, 2.75) is 19.4 Å². The van der Waals surface area contributed by atoms with Crippen LogP contribution < -0.4 is 10.1 Å². The van der Waals surface area contributed by atoms with Gasteiger partial charge in [0, 0.05) is 49.3 Å². The summed E-state index contributed by atoms with van der Waals surface area (Å²) in [6.07, 6.45) is 6.03. The highest BCUT2D eigenvalue weighted by Gasteiger charge is 2.28. The van der Waals surface area contributed by atoms with Gasteiger partial charge in [-0.3, -0.25) is 14.5 Å². The zero-order valence-electron chi connectivity index (χ0n) is 14.3. The summed E-state index contributed by atoms with van der Waals surface area (Å²) in [5.41, 5.74) is 2.92. The molecule has 1 saturated heterocycles. The minimum absolute atomic E-state index is 0.0634. The summed E-state index contributed by atoms with van der Waals surface area (Å²) >= 11 is 0. The first kappa shape index (κ1) is 15.6. The van der Waals surface area contributed by atoms with E-state index in [1.807, 2.05) is 50.6 Å². The van der Waals surface area contributed by atoms with Crippen LogP contribution in [0.25, 0.3) is 22.0 Å².